The summed E-state index contributed by atoms with van der Waals surface area (Å²) in [6.45, 7) is 0.724. The molecule has 0 unspecified atom stereocenters. The fraction of sp³-hybridized carbons (Fsp3) is 0.200. The highest BCUT2D eigenvalue weighted by Crippen LogP contribution is 2.14. The van der Waals surface area contributed by atoms with Crippen LogP contribution >= 0.6 is 0 Å². The fourth-order valence-corrected chi connectivity index (χ4v) is 1.92. The zero-order valence-electron chi connectivity index (χ0n) is 11.4. The van der Waals surface area contributed by atoms with Gasteiger partial charge in [0.25, 0.3) is 5.91 Å². The van der Waals surface area contributed by atoms with Gasteiger partial charge in [-0.3, -0.25) is 14.8 Å². The number of rotatable bonds is 5. The number of nitrogens with two attached hydrogens (primary N) is 1. The van der Waals surface area contributed by atoms with Gasteiger partial charge in [0.15, 0.2) is 0 Å². The Bertz CT molecular complexity index is 651. The number of carbonyl (C=O) groups excluding carboxylic acids is 1. The van der Waals surface area contributed by atoms with Crippen molar-refractivity contribution >= 4 is 11.6 Å². The maximum atomic E-state index is 12.6. The van der Waals surface area contributed by atoms with Gasteiger partial charge in [-0.25, -0.2) is 0 Å². The summed E-state index contributed by atoms with van der Waals surface area (Å²) in [5.41, 5.74) is 7.42. The number of anilines is 1. The Morgan fingerprint density at radius 3 is 2.76 bits per heavy atom. The van der Waals surface area contributed by atoms with E-state index in [0.717, 1.165) is 5.56 Å². The summed E-state index contributed by atoms with van der Waals surface area (Å²) in [7, 11) is 0. The van der Waals surface area contributed by atoms with Crippen LogP contribution in [0.15, 0.2) is 43.0 Å². The van der Waals surface area contributed by atoms with Crippen LogP contribution in [0.2, 0.25) is 0 Å². The van der Waals surface area contributed by atoms with Crippen LogP contribution in [-0.2, 0) is 6.54 Å². The van der Waals surface area contributed by atoms with Gasteiger partial charge in [0, 0.05) is 31.7 Å². The third kappa shape index (κ3) is 3.76. The topological polar surface area (TPSA) is 95.9 Å². The van der Waals surface area contributed by atoms with Gasteiger partial charge in [-0.1, -0.05) is 6.07 Å². The number of pyridine rings is 2. The zero-order valence-corrected chi connectivity index (χ0v) is 11.4. The third-order valence-corrected chi connectivity index (χ3v) is 2.96. The number of amides is 1. The Morgan fingerprint density at radius 1 is 1.29 bits per heavy atom. The van der Waals surface area contributed by atoms with Crippen molar-refractivity contribution in [2.24, 2.45) is 0 Å². The summed E-state index contributed by atoms with van der Waals surface area (Å²) < 4.78 is 0. The molecule has 21 heavy (non-hydrogen) atoms. The molecular formula is C15H15N5O. The first-order valence-electron chi connectivity index (χ1n) is 6.47. The first-order valence-corrected chi connectivity index (χ1v) is 6.47. The molecule has 0 bridgehead atoms. The first kappa shape index (κ1) is 14.5. The molecule has 6 heteroatoms. The Kier molecular flexibility index (Phi) is 4.83. The van der Waals surface area contributed by atoms with Crippen molar-refractivity contribution in [3.05, 3.63) is 54.1 Å². The second kappa shape index (κ2) is 7.01. The SMILES string of the molecule is N#CCCN(Cc1cccnc1)C(=O)c1ccncc1N. The molecule has 1 amide bonds. The van der Waals surface area contributed by atoms with Gasteiger partial charge in [0.1, 0.15) is 0 Å². The predicted molar refractivity (Wildman–Crippen MR) is 77.9 cm³/mol. The van der Waals surface area contributed by atoms with Gasteiger partial charge in [-0.2, -0.15) is 5.26 Å². The number of nitrogen functional groups attached to an aromatic ring is 1. The van der Waals surface area contributed by atoms with E-state index < -0.39 is 0 Å². The second-order valence-corrected chi connectivity index (χ2v) is 4.46. The molecule has 0 fully saturated rings. The van der Waals surface area contributed by atoms with E-state index in [2.05, 4.69) is 16.0 Å². The molecule has 2 aromatic heterocycles. The van der Waals surface area contributed by atoms with E-state index >= 15 is 0 Å². The number of carbonyl (C=O) groups is 1. The summed E-state index contributed by atoms with van der Waals surface area (Å²) in [5.74, 6) is -0.214. The lowest BCUT2D eigenvalue weighted by atomic mass is 10.1. The Morgan fingerprint density at radius 2 is 2.10 bits per heavy atom. The molecule has 0 radical (unpaired) electrons. The molecular weight excluding hydrogens is 266 g/mol. The van der Waals surface area contributed by atoms with Crippen molar-refractivity contribution in [1.82, 2.24) is 14.9 Å². The largest absolute Gasteiger partial charge is 0.397 e. The summed E-state index contributed by atoms with van der Waals surface area (Å²) in [5, 5.41) is 8.75. The molecule has 0 aliphatic rings. The molecule has 0 aromatic carbocycles. The van der Waals surface area contributed by atoms with Gasteiger partial charge in [0.05, 0.1) is 29.9 Å². The fourth-order valence-electron chi connectivity index (χ4n) is 1.92. The van der Waals surface area contributed by atoms with E-state index in [-0.39, 0.29) is 12.3 Å². The average Bonchev–Trinajstić information content (AvgIpc) is 2.52. The minimum atomic E-state index is -0.214. The molecule has 0 saturated carbocycles. The van der Waals surface area contributed by atoms with Crippen molar-refractivity contribution in [2.45, 2.75) is 13.0 Å². The molecule has 0 saturated heterocycles. The minimum Gasteiger partial charge on any atom is -0.397 e. The van der Waals surface area contributed by atoms with E-state index in [1.165, 1.54) is 12.4 Å². The van der Waals surface area contributed by atoms with Crippen molar-refractivity contribution in [2.75, 3.05) is 12.3 Å². The Balaban J connectivity index is 2.21. The molecule has 6 nitrogen and oxygen atoms in total. The number of hydrogen-bond acceptors (Lipinski definition) is 5. The molecule has 106 valence electrons. The average molecular weight is 281 g/mol. The highest BCUT2D eigenvalue weighted by Gasteiger charge is 2.18. The lowest BCUT2D eigenvalue weighted by Gasteiger charge is -2.22. The van der Waals surface area contributed by atoms with Gasteiger partial charge >= 0.3 is 0 Å². The van der Waals surface area contributed by atoms with Gasteiger partial charge in [0.2, 0.25) is 0 Å². The Labute approximate surface area is 122 Å². The van der Waals surface area contributed by atoms with E-state index in [1.54, 1.807) is 23.4 Å². The van der Waals surface area contributed by atoms with Crippen molar-refractivity contribution in [1.29, 1.82) is 5.26 Å². The number of aromatic nitrogens is 2. The van der Waals surface area contributed by atoms with Crippen LogP contribution in [0.1, 0.15) is 22.3 Å². The van der Waals surface area contributed by atoms with Gasteiger partial charge < -0.3 is 10.6 Å². The standard InChI is InChI=1S/C15H15N5O/c16-5-2-8-20(11-12-3-1-6-18-9-12)15(21)13-4-7-19-10-14(13)17/h1,3-4,6-7,9-10H,2,8,11,17H2. The van der Waals surface area contributed by atoms with Crippen LogP contribution in [0.5, 0.6) is 0 Å². The zero-order chi connectivity index (χ0) is 15.1. The maximum Gasteiger partial charge on any atom is 0.256 e. The van der Waals surface area contributed by atoms with Crippen molar-refractivity contribution in [3.63, 3.8) is 0 Å². The molecule has 2 aromatic rings. The number of nitriles is 1. The Hall–Kier alpha value is -2.94. The quantitative estimate of drug-likeness (QED) is 0.898. The molecule has 0 spiro atoms. The highest BCUT2D eigenvalue weighted by atomic mass is 16.2. The van der Waals surface area contributed by atoms with Crippen LogP contribution < -0.4 is 5.73 Å². The maximum absolute atomic E-state index is 12.6. The first-order chi connectivity index (χ1) is 10.2. The van der Waals surface area contributed by atoms with Crippen molar-refractivity contribution in [3.8, 4) is 6.07 Å². The predicted octanol–water partition coefficient (Wildman–Crippen LogP) is 1.61. The van der Waals surface area contributed by atoms with Gasteiger partial charge in [-0.05, 0) is 17.7 Å². The van der Waals surface area contributed by atoms with Crippen molar-refractivity contribution < 1.29 is 4.79 Å². The highest BCUT2D eigenvalue weighted by molar-refractivity contribution is 5.98. The molecule has 0 atom stereocenters. The summed E-state index contributed by atoms with van der Waals surface area (Å²) in [6.07, 6.45) is 6.60. The van der Waals surface area contributed by atoms with E-state index in [4.69, 9.17) is 11.0 Å². The van der Waals surface area contributed by atoms with E-state index in [9.17, 15) is 4.79 Å². The van der Waals surface area contributed by atoms with Crippen LogP contribution in [0, 0.1) is 11.3 Å². The second-order valence-electron chi connectivity index (χ2n) is 4.46. The molecule has 2 heterocycles. The normalized spacial score (nSPS) is 9.86. The monoisotopic (exact) mass is 281 g/mol. The minimum absolute atomic E-state index is 0.214. The molecule has 0 aliphatic heterocycles. The lowest BCUT2D eigenvalue weighted by Crippen LogP contribution is -2.32. The van der Waals surface area contributed by atoms with Crippen LogP contribution in [0.3, 0.4) is 0 Å². The van der Waals surface area contributed by atoms with E-state index in [0.29, 0.717) is 24.3 Å². The smallest absolute Gasteiger partial charge is 0.256 e. The molecule has 2 N–H and O–H groups in total. The number of hydrogen-bond donors (Lipinski definition) is 1. The van der Waals surface area contributed by atoms with E-state index in [1.807, 2.05) is 12.1 Å². The lowest BCUT2D eigenvalue weighted by molar-refractivity contribution is 0.0747. The van der Waals surface area contributed by atoms with Gasteiger partial charge in [-0.15, -0.1) is 0 Å². The molecule has 2 rings (SSSR count). The summed E-state index contributed by atoms with van der Waals surface area (Å²) in [6, 6.07) is 7.33. The van der Waals surface area contributed by atoms with Crippen LogP contribution in [-0.4, -0.2) is 27.3 Å². The number of nitrogens with zero attached hydrogens (tertiary/aromatic N) is 4. The molecule has 0 aliphatic carbocycles. The third-order valence-electron chi connectivity index (χ3n) is 2.96. The summed E-state index contributed by atoms with van der Waals surface area (Å²) >= 11 is 0. The van der Waals surface area contributed by atoms with Crippen LogP contribution in [0.4, 0.5) is 5.69 Å². The van der Waals surface area contributed by atoms with Crippen LogP contribution in [0.25, 0.3) is 0 Å². The summed E-state index contributed by atoms with van der Waals surface area (Å²) in [4.78, 5) is 22.1.